The average molecular weight is 673 g/mol. The van der Waals surface area contributed by atoms with Crippen LogP contribution in [0.3, 0.4) is 0 Å². The number of aromatic nitrogens is 2. The number of nitrogen functional groups attached to an aromatic ring is 1. The van der Waals surface area contributed by atoms with Gasteiger partial charge in [-0.15, -0.1) is 11.3 Å². The van der Waals surface area contributed by atoms with Gasteiger partial charge in [-0.2, -0.15) is 28.4 Å². The number of hydrogen-bond acceptors (Lipinski definition) is 9. The van der Waals surface area contributed by atoms with Crippen LogP contribution in [0.25, 0.3) is 32.1 Å². The fourth-order valence-electron chi connectivity index (χ4n) is 6.33. The second-order valence-electron chi connectivity index (χ2n) is 11.6. The van der Waals surface area contributed by atoms with Crippen molar-refractivity contribution in [1.29, 1.82) is 5.26 Å². The fraction of sp³-hybridized carbons (Fsp3) is 0.375. The Morgan fingerprint density at radius 3 is 2.68 bits per heavy atom. The van der Waals surface area contributed by atoms with Crippen molar-refractivity contribution in [2.75, 3.05) is 32.5 Å². The van der Waals surface area contributed by atoms with Gasteiger partial charge >= 0.3 is 12.2 Å². The third-order valence-corrected chi connectivity index (χ3v) is 9.89. The van der Waals surface area contributed by atoms with Crippen LogP contribution in [0.4, 0.5) is 27.0 Å². The Kier molecular flexibility index (Phi) is 8.43. The van der Waals surface area contributed by atoms with E-state index in [-0.39, 0.29) is 62.0 Å². The maximum absolute atomic E-state index is 16.8. The van der Waals surface area contributed by atoms with Crippen molar-refractivity contribution < 1.29 is 36.2 Å². The van der Waals surface area contributed by atoms with Crippen molar-refractivity contribution in [1.82, 2.24) is 19.8 Å². The van der Waals surface area contributed by atoms with E-state index in [0.717, 1.165) is 37.6 Å². The number of likely N-dealkylation sites (tertiary alicyclic amines) is 2. The van der Waals surface area contributed by atoms with Gasteiger partial charge in [0.1, 0.15) is 35.1 Å². The number of rotatable bonds is 7. The predicted octanol–water partition coefficient (Wildman–Crippen LogP) is 6.29. The number of benzene rings is 2. The Hall–Kier alpha value is -4.55. The van der Waals surface area contributed by atoms with Gasteiger partial charge in [-0.1, -0.05) is 12.6 Å². The first-order valence-corrected chi connectivity index (χ1v) is 15.6. The first-order valence-electron chi connectivity index (χ1n) is 14.8. The number of ether oxygens (including phenoxy) is 2. The van der Waals surface area contributed by atoms with E-state index in [1.54, 1.807) is 6.92 Å². The highest BCUT2D eigenvalue weighted by molar-refractivity contribution is 7.23. The number of carbonyl (C=O) groups excluding carboxylic acids is 1. The molecule has 2 aromatic carbocycles. The Morgan fingerprint density at radius 2 is 2.02 bits per heavy atom. The second kappa shape index (κ2) is 12.2. The zero-order valence-electron chi connectivity index (χ0n) is 25.3. The molecule has 2 N–H and O–H groups in total. The summed E-state index contributed by atoms with van der Waals surface area (Å²) in [5.74, 6) is -2.91. The Morgan fingerprint density at radius 1 is 1.26 bits per heavy atom. The number of anilines is 1. The lowest BCUT2D eigenvalue weighted by molar-refractivity contribution is -0.137. The number of halogens is 5. The fourth-order valence-corrected chi connectivity index (χ4v) is 7.28. The molecule has 0 bridgehead atoms. The van der Waals surface area contributed by atoms with Gasteiger partial charge in [-0.25, -0.2) is 8.78 Å². The standard InChI is InChI=1S/C32H29F5N6O3S/c1-4-23(44)43-11-9-22(15(43)2)46-30-18-12-20(32(35,36)37)25(17-7-8-21(33)28-24(17)19(13-38)29(39)47-28)26(34)27(18)40-31(41-30)45-14-16-6-5-10-42(16)3/h4,7-8,12,15-16,22H,1,5-6,9-11,14,39H2,2-3H3/t15-,16+,22-/m1/s1. The molecule has 47 heavy (non-hydrogen) atoms. The minimum Gasteiger partial charge on any atom is -0.471 e. The largest absolute Gasteiger partial charge is 0.471 e. The van der Waals surface area contributed by atoms with Gasteiger partial charge in [0.15, 0.2) is 5.82 Å². The lowest BCUT2D eigenvalue weighted by atomic mass is 9.92. The van der Waals surface area contributed by atoms with Crippen LogP contribution < -0.4 is 15.2 Å². The van der Waals surface area contributed by atoms with E-state index in [4.69, 9.17) is 15.2 Å². The molecule has 6 rings (SSSR count). The third-order valence-electron chi connectivity index (χ3n) is 8.86. The highest BCUT2D eigenvalue weighted by atomic mass is 32.1. The number of nitrogens with two attached hydrogens (primary N) is 1. The van der Waals surface area contributed by atoms with Crippen molar-refractivity contribution in [3.05, 3.63) is 53.6 Å². The van der Waals surface area contributed by atoms with Crippen molar-refractivity contribution in [2.24, 2.45) is 0 Å². The number of nitrogens with zero attached hydrogens (tertiary/aromatic N) is 5. The van der Waals surface area contributed by atoms with Crippen LogP contribution in [0.2, 0.25) is 0 Å². The zero-order valence-corrected chi connectivity index (χ0v) is 26.1. The quantitative estimate of drug-likeness (QED) is 0.180. The molecule has 0 spiro atoms. The zero-order chi connectivity index (χ0) is 33.8. The number of likely N-dealkylation sites (N-methyl/N-ethyl adjacent to an activating group) is 1. The first kappa shape index (κ1) is 32.4. The maximum atomic E-state index is 16.8. The summed E-state index contributed by atoms with van der Waals surface area (Å²) in [6.07, 6.45) is -2.56. The van der Waals surface area contributed by atoms with Crippen LogP contribution in [0.15, 0.2) is 30.9 Å². The summed E-state index contributed by atoms with van der Waals surface area (Å²) >= 11 is 0.680. The number of carbonyl (C=O) groups is 1. The van der Waals surface area contributed by atoms with E-state index >= 15 is 4.39 Å². The molecule has 3 atom stereocenters. The molecule has 2 aliphatic rings. The van der Waals surface area contributed by atoms with E-state index < -0.39 is 46.6 Å². The minimum atomic E-state index is -5.12. The number of hydrogen-bond donors (Lipinski definition) is 1. The second-order valence-corrected chi connectivity index (χ2v) is 12.6. The molecule has 2 aromatic heterocycles. The Labute approximate surface area is 270 Å². The smallest absolute Gasteiger partial charge is 0.417 e. The summed E-state index contributed by atoms with van der Waals surface area (Å²) in [7, 11) is 1.93. The molecule has 4 heterocycles. The molecule has 1 amide bonds. The van der Waals surface area contributed by atoms with Gasteiger partial charge in [-0.05, 0) is 57.1 Å². The number of alkyl halides is 3. The van der Waals surface area contributed by atoms with Crippen LogP contribution in [0.1, 0.15) is 37.3 Å². The number of nitriles is 1. The van der Waals surface area contributed by atoms with E-state index in [1.807, 2.05) is 13.1 Å². The highest BCUT2D eigenvalue weighted by Crippen LogP contribution is 2.48. The van der Waals surface area contributed by atoms with Crippen molar-refractivity contribution in [3.8, 4) is 29.1 Å². The van der Waals surface area contributed by atoms with Gasteiger partial charge in [-0.3, -0.25) is 4.79 Å². The summed E-state index contributed by atoms with van der Waals surface area (Å²) in [6.45, 7) is 6.51. The SMILES string of the molecule is C=CC(=O)N1CC[C@@H](Oc2nc(OC[C@@H]3CCCN3C)nc3c(F)c(-c4ccc(F)c5sc(N)c(C#N)c45)c(C(F)(F)F)cc23)[C@H]1C. The molecule has 9 nitrogen and oxygen atoms in total. The third kappa shape index (κ3) is 5.69. The van der Waals surface area contributed by atoms with Gasteiger partial charge in [0.05, 0.1) is 27.3 Å². The molecular formula is C32H29F5N6O3S. The lowest BCUT2D eigenvalue weighted by Gasteiger charge is -2.25. The summed E-state index contributed by atoms with van der Waals surface area (Å²) in [5.41, 5.74) is 2.39. The van der Waals surface area contributed by atoms with E-state index in [2.05, 4.69) is 21.4 Å². The summed E-state index contributed by atoms with van der Waals surface area (Å²) < 4.78 is 87.9. The molecule has 0 radical (unpaired) electrons. The van der Waals surface area contributed by atoms with Crippen molar-refractivity contribution in [3.63, 3.8) is 0 Å². The predicted molar refractivity (Wildman–Crippen MR) is 166 cm³/mol. The van der Waals surface area contributed by atoms with Crippen LogP contribution in [0, 0.1) is 23.0 Å². The number of thiophene rings is 1. The number of amides is 1. The average Bonchev–Trinajstić information content (AvgIpc) is 3.72. The molecular weight excluding hydrogens is 643 g/mol. The van der Waals surface area contributed by atoms with Crippen molar-refractivity contribution >= 4 is 43.2 Å². The van der Waals surface area contributed by atoms with Crippen molar-refractivity contribution in [2.45, 2.75) is 50.6 Å². The minimum absolute atomic E-state index is 0.0148. The van der Waals surface area contributed by atoms with Gasteiger partial charge in [0.25, 0.3) is 0 Å². The molecule has 246 valence electrons. The maximum Gasteiger partial charge on any atom is 0.417 e. The van der Waals surface area contributed by atoms with Gasteiger partial charge in [0.2, 0.25) is 11.8 Å². The Balaban J connectivity index is 1.57. The first-order chi connectivity index (χ1) is 22.3. The van der Waals surface area contributed by atoms with Gasteiger partial charge < -0.3 is 25.0 Å². The van der Waals surface area contributed by atoms with Crippen LogP contribution in [-0.4, -0.2) is 70.6 Å². The van der Waals surface area contributed by atoms with E-state index in [0.29, 0.717) is 30.4 Å². The molecule has 2 aliphatic heterocycles. The topological polar surface area (TPSA) is 118 Å². The van der Waals surface area contributed by atoms with Crippen LogP contribution in [-0.2, 0) is 11.0 Å². The molecule has 2 saturated heterocycles. The molecule has 0 saturated carbocycles. The summed E-state index contributed by atoms with van der Waals surface area (Å²) in [4.78, 5) is 24.4. The molecule has 0 unspecified atom stereocenters. The van der Waals surface area contributed by atoms with Crippen LogP contribution in [0.5, 0.6) is 11.9 Å². The van der Waals surface area contributed by atoms with E-state index in [1.165, 1.54) is 4.90 Å². The summed E-state index contributed by atoms with van der Waals surface area (Å²) in [6, 6.07) is 3.57. The molecule has 15 heteroatoms. The monoisotopic (exact) mass is 672 g/mol. The van der Waals surface area contributed by atoms with E-state index in [9.17, 15) is 27.6 Å². The Bertz CT molecular complexity index is 1960. The lowest BCUT2D eigenvalue weighted by Crippen LogP contribution is -2.38. The normalized spacial score (nSPS) is 20.2. The molecule has 0 aliphatic carbocycles. The van der Waals surface area contributed by atoms with Crippen LogP contribution >= 0.6 is 11.3 Å². The summed E-state index contributed by atoms with van der Waals surface area (Å²) in [5, 5.41) is 9.01. The molecule has 2 fully saturated rings. The number of fused-ring (bicyclic) bond motifs is 2. The highest BCUT2D eigenvalue weighted by Gasteiger charge is 2.40. The molecule has 4 aromatic rings. The van der Waals surface area contributed by atoms with Gasteiger partial charge in [0, 0.05) is 30.0 Å².